The maximum atomic E-state index is 13.7. The van der Waals surface area contributed by atoms with Crippen LogP contribution in [0.4, 0.5) is 0 Å². The molecule has 35 heavy (non-hydrogen) atoms. The van der Waals surface area contributed by atoms with Crippen LogP contribution in [0, 0.1) is 5.92 Å². The molecule has 6 nitrogen and oxygen atoms in total. The average molecular weight is 474 g/mol. The van der Waals surface area contributed by atoms with E-state index in [1.54, 1.807) is 6.26 Å². The minimum Gasteiger partial charge on any atom is -0.464 e. The average Bonchev–Trinajstić information content (AvgIpc) is 3.39. The fourth-order valence-corrected chi connectivity index (χ4v) is 5.55. The minimum absolute atomic E-state index is 0.105. The van der Waals surface area contributed by atoms with Crippen LogP contribution in [-0.2, 0) is 16.1 Å². The van der Waals surface area contributed by atoms with E-state index in [1.165, 1.54) is 5.57 Å². The third kappa shape index (κ3) is 4.85. The van der Waals surface area contributed by atoms with Gasteiger partial charge in [-0.05, 0) is 43.5 Å². The van der Waals surface area contributed by atoms with Crippen molar-refractivity contribution in [3.63, 3.8) is 0 Å². The Morgan fingerprint density at radius 1 is 1.14 bits per heavy atom. The summed E-state index contributed by atoms with van der Waals surface area (Å²) in [4.78, 5) is 22.9. The van der Waals surface area contributed by atoms with Crippen molar-refractivity contribution < 1.29 is 13.9 Å². The van der Waals surface area contributed by atoms with Crippen molar-refractivity contribution in [2.75, 3.05) is 26.2 Å². The maximum absolute atomic E-state index is 13.7. The quantitative estimate of drug-likeness (QED) is 0.597. The Labute approximate surface area is 208 Å². The Bertz CT molecular complexity index is 1140. The number of allylic oxidation sites excluding steroid dienone is 2. The fraction of sp³-hybridized carbons (Fsp3) is 0.448. The van der Waals surface area contributed by atoms with Crippen LogP contribution in [0.2, 0.25) is 0 Å². The van der Waals surface area contributed by atoms with Crippen LogP contribution >= 0.6 is 0 Å². The summed E-state index contributed by atoms with van der Waals surface area (Å²) < 4.78 is 11.9. The smallest absolute Gasteiger partial charge is 0.255 e. The van der Waals surface area contributed by atoms with Gasteiger partial charge in [-0.3, -0.25) is 4.79 Å². The van der Waals surface area contributed by atoms with Crippen molar-refractivity contribution in [2.45, 2.75) is 51.7 Å². The summed E-state index contributed by atoms with van der Waals surface area (Å²) in [6.07, 6.45) is 7.26. The number of hydrogen-bond donors (Lipinski definition) is 0. The molecule has 2 aromatic rings. The Morgan fingerprint density at radius 2 is 1.94 bits per heavy atom. The minimum atomic E-state index is -0.743. The molecule has 1 spiro atoms. The monoisotopic (exact) mass is 473 g/mol. The van der Waals surface area contributed by atoms with E-state index in [9.17, 15) is 4.79 Å². The molecule has 1 aromatic carbocycles. The first kappa shape index (κ1) is 23.6. The number of amidine groups is 1. The van der Waals surface area contributed by atoms with Gasteiger partial charge in [0, 0.05) is 50.5 Å². The van der Waals surface area contributed by atoms with Crippen molar-refractivity contribution in [3.8, 4) is 11.3 Å². The third-order valence-electron chi connectivity index (χ3n) is 7.56. The number of morpholine rings is 1. The Kier molecular flexibility index (Phi) is 6.65. The van der Waals surface area contributed by atoms with Gasteiger partial charge in [0.2, 0.25) is 0 Å². The summed E-state index contributed by atoms with van der Waals surface area (Å²) in [7, 11) is 0. The van der Waals surface area contributed by atoms with Crippen LogP contribution in [-0.4, -0.2) is 53.4 Å². The van der Waals surface area contributed by atoms with Gasteiger partial charge in [0.15, 0.2) is 0 Å². The van der Waals surface area contributed by atoms with Gasteiger partial charge in [0.1, 0.15) is 17.2 Å². The topological polar surface area (TPSA) is 58.3 Å². The lowest BCUT2D eigenvalue weighted by Crippen LogP contribution is -2.61. The number of benzene rings is 1. The summed E-state index contributed by atoms with van der Waals surface area (Å²) in [5.74, 6) is 2.39. The zero-order valence-corrected chi connectivity index (χ0v) is 20.8. The molecule has 3 aliphatic rings. The lowest BCUT2D eigenvalue weighted by molar-refractivity contribution is -0.179. The summed E-state index contributed by atoms with van der Waals surface area (Å²) >= 11 is 0. The maximum Gasteiger partial charge on any atom is 0.255 e. The third-order valence-corrected chi connectivity index (χ3v) is 7.56. The first-order chi connectivity index (χ1) is 16.9. The van der Waals surface area contributed by atoms with Gasteiger partial charge in [0.25, 0.3) is 5.91 Å². The van der Waals surface area contributed by atoms with Crippen LogP contribution in [0.15, 0.2) is 76.0 Å². The molecule has 1 unspecified atom stereocenters. The zero-order valence-electron chi connectivity index (χ0n) is 20.8. The fourth-order valence-electron chi connectivity index (χ4n) is 5.55. The molecule has 2 fully saturated rings. The molecule has 2 saturated heterocycles. The van der Waals surface area contributed by atoms with Crippen molar-refractivity contribution >= 4 is 11.7 Å². The Hall–Kier alpha value is -3.12. The van der Waals surface area contributed by atoms with E-state index in [0.717, 1.165) is 54.4 Å². The van der Waals surface area contributed by atoms with Gasteiger partial charge in [0.05, 0.1) is 18.6 Å². The molecule has 184 valence electrons. The van der Waals surface area contributed by atoms with E-state index in [-0.39, 0.29) is 5.91 Å². The number of likely N-dealkylation sites (tertiary alicyclic amines) is 1. The number of furan rings is 1. The summed E-state index contributed by atoms with van der Waals surface area (Å²) in [5, 5.41) is 0. The van der Waals surface area contributed by atoms with Crippen LogP contribution in [0.1, 0.15) is 45.1 Å². The molecule has 0 aliphatic carbocycles. The predicted octanol–water partition coefficient (Wildman–Crippen LogP) is 5.43. The SMILES string of the molecule is C=C1/C=C(/C)CCC(C)C(N2CCC3(CC2)OCCN(Cc2ccccc2-c2ccco2)C3=O)=N1. The number of piperidine rings is 1. The second kappa shape index (κ2) is 9.86. The van der Waals surface area contributed by atoms with Crippen molar-refractivity contribution in [3.05, 3.63) is 72.1 Å². The molecule has 0 saturated carbocycles. The van der Waals surface area contributed by atoms with Gasteiger partial charge in [-0.1, -0.05) is 43.3 Å². The van der Waals surface area contributed by atoms with Gasteiger partial charge in [-0.25, -0.2) is 4.99 Å². The zero-order chi connectivity index (χ0) is 24.4. The summed E-state index contributed by atoms with van der Waals surface area (Å²) in [5.41, 5.74) is 3.52. The number of amides is 1. The number of aliphatic imine (C=N–C) groups is 1. The van der Waals surface area contributed by atoms with E-state index >= 15 is 0 Å². The number of hydrogen-bond acceptors (Lipinski definition) is 5. The number of ether oxygens (including phenoxy) is 1. The summed E-state index contributed by atoms with van der Waals surface area (Å²) in [6, 6.07) is 12.0. The molecular formula is C29H35N3O3. The lowest BCUT2D eigenvalue weighted by Gasteiger charge is -2.47. The van der Waals surface area contributed by atoms with Crippen LogP contribution in [0.5, 0.6) is 0 Å². The standard InChI is InChI=1S/C29H35N3O3/c1-21-10-11-22(2)27(30-23(3)19-21)31-14-12-29(13-15-31)28(33)32(16-18-35-29)20-24-7-4-5-8-25(24)26-9-6-17-34-26/h4-9,17,19,22H,3,10-16,18,20H2,1-2H3/b21-19-,30-27?. The number of carbonyl (C=O) groups is 1. The van der Waals surface area contributed by atoms with Crippen molar-refractivity contribution in [1.82, 2.24) is 9.80 Å². The van der Waals surface area contributed by atoms with E-state index in [0.29, 0.717) is 38.5 Å². The Morgan fingerprint density at radius 3 is 2.71 bits per heavy atom. The Balaban J connectivity index is 1.30. The lowest BCUT2D eigenvalue weighted by atomic mass is 9.87. The van der Waals surface area contributed by atoms with E-state index in [1.807, 2.05) is 29.2 Å². The molecule has 0 radical (unpaired) electrons. The second-order valence-electron chi connectivity index (χ2n) is 10.1. The number of nitrogens with zero attached hydrogens (tertiary/aromatic N) is 3. The number of rotatable bonds is 3. The molecule has 0 N–H and O–H groups in total. The normalized spacial score (nSPS) is 24.6. The first-order valence-corrected chi connectivity index (χ1v) is 12.7. The highest BCUT2D eigenvalue weighted by atomic mass is 16.5. The molecule has 4 heterocycles. The van der Waals surface area contributed by atoms with Gasteiger partial charge < -0.3 is 19.0 Å². The molecule has 6 heteroatoms. The largest absolute Gasteiger partial charge is 0.464 e. The molecule has 1 atom stereocenters. The highest BCUT2D eigenvalue weighted by Crippen LogP contribution is 2.34. The van der Waals surface area contributed by atoms with E-state index in [2.05, 4.69) is 43.5 Å². The molecule has 1 amide bonds. The molecule has 1 aromatic heterocycles. The second-order valence-corrected chi connectivity index (χ2v) is 10.1. The number of carbonyl (C=O) groups excluding carboxylic acids is 1. The highest BCUT2D eigenvalue weighted by molar-refractivity contribution is 5.88. The van der Waals surface area contributed by atoms with E-state index in [4.69, 9.17) is 14.1 Å². The molecule has 0 bridgehead atoms. The van der Waals surface area contributed by atoms with Crippen molar-refractivity contribution in [1.29, 1.82) is 0 Å². The highest BCUT2D eigenvalue weighted by Gasteiger charge is 2.47. The molecule has 3 aliphatic heterocycles. The molecule has 5 rings (SSSR count). The van der Waals surface area contributed by atoms with E-state index < -0.39 is 5.60 Å². The van der Waals surface area contributed by atoms with Crippen LogP contribution in [0.3, 0.4) is 0 Å². The van der Waals surface area contributed by atoms with Gasteiger partial charge >= 0.3 is 0 Å². The first-order valence-electron chi connectivity index (χ1n) is 12.7. The van der Waals surface area contributed by atoms with Gasteiger partial charge in [-0.2, -0.15) is 0 Å². The molecular weight excluding hydrogens is 438 g/mol. The van der Waals surface area contributed by atoms with Crippen LogP contribution in [0.25, 0.3) is 11.3 Å². The van der Waals surface area contributed by atoms with Gasteiger partial charge in [-0.15, -0.1) is 0 Å². The van der Waals surface area contributed by atoms with Crippen molar-refractivity contribution in [2.24, 2.45) is 10.9 Å². The predicted molar refractivity (Wildman–Crippen MR) is 138 cm³/mol. The summed E-state index contributed by atoms with van der Waals surface area (Å²) in [6.45, 7) is 11.8. The van der Waals surface area contributed by atoms with Crippen LogP contribution < -0.4 is 0 Å².